The summed E-state index contributed by atoms with van der Waals surface area (Å²) in [7, 11) is 3.90. The number of para-hydroxylation sites is 1. The topological polar surface area (TPSA) is 68.2 Å². The Morgan fingerprint density at radius 3 is 2.56 bits per heavy atom. The van der Waals surface area contributed by atoms with Gasteiger partial charge in [0, 0.05) is 52.7 Å². The third-order valence-electron chi connectivity index (χ3n) is 5.38. The number of benzene rings is 1. The van der Waals surface area contributed by atoms with Crippen molar-refractivity contribution in [3.8, 4) is 11.6 Å². The van der Waals surface area contributed by atoms with Crippen molar-refractivity contribution in [2.75, 3.05) is 47.1 Å². The molecule has 2 aromatic rings. The molecule has 1 N–H and O–H groups in total. The summed E-state index contributed by atoms with van der Waals surface area (Å²) in [6.07, 6.45) is 5.33. The lowest BCUT2D eigenvalue weighted by Crippen LogP contribution is -2.39. The number of hydrogen-bond acceptors (Lipinski definition) is 5. The largest absolute Gasteiger partial charge is 0.490 e. The van der Waals surface area contributed by atoms with Gasteiger partial charge in [0.15, 0.2) is 5.96 Å². The highest BCUT2D eigenvalue weighted by molar-refractivity contribution is 14.0. The quantitative estimate of drug-likeness (QED) is 0.208. The van der Waals surface area contributed by atoms with Crippen LogP contribution in [0.2, 0.25) is 0 Å². The molecule has 1 aliphatic rings. The Bertz CT molecular complexity index is 784. The Hall–Kier alpha value is -2.07. The third-order valence-corrected chi connectivity index (χ3v) is 5.38. The molecule has 8 heteroatoms. The summed E-state index contributed by atoms with van der Waals surface area (Å²) in [5, 5.41) is 3.41. The van der Waals surface area contributed by atoms with E-state index >= 15 is 0 Å². The summed E-state index contributed by atoms with van der Waals surface area (Å²) < 4.78 is 16.7. The number of nitrogens with zero attached hydrogens (tertiary/aromatic N) is 3. The molecule has 176 valence electrons. The van der Waals surface area contributed by atoms with Crippen molar-refractivity contribution < 1.29 is 14.2 Å². The highest BCUT2D eigenvalue weighted by atomic mass is 127. The standard InChI is InChI=1S/C24H34N4O3.HI/c1-25-24(28(2)13-10-20-11-14-29-15-12-20)27-19-21-8-9-23(26-18-21)31-17-16-30-22-6-4-3-5-7-22;/h3-9,18,20H,10-17,19H2,1-2H3,(H,25,27);1H. The number of guanidine groups is 1. The predicted octanol–water partition coefficient (Wildman–Crippen LogP) is 3.98. The first-order chi connectivity index (χ1) is 15.2. The van der Waals surface area contributed by atoms with Crippen LogP contribution in [-0.4, -0.2) is 62.9 Å². The molecule has 1 aliphatic heterocycles. The third kappa shape index (κ3) is 9.20. The lowest BCUT2D eigenvalue weighted by atomic mass is 9.96. The van der Waals surface area contributed by atoms with Gasteiger partial charge in [0.05, 0.1) is 0 Å². The van der Waals surface area contributed by atoms with Crippen molar-refractivity contribution in [1.29, 1.82) is 0 Å². The van der Waals surface area contributed by atoms with Gasteiger partial charge in [-0.25, -0.2) is 4.98 Å². The minimum absolute atomic E-state index is 0. The maximum atomic E-state index is 5.66. The summed E-state index contributed by atoms with van der Waals surface area (Å²) in [6.45, 7) is 4.37. The van der Waals surface area contributed by atoms with E-state index in [0.717, 1.165) is 42.9 Å². The second kappa shape index (κ2) is 14.9. The average Bonchev–Trinajstić information content (AvgIpc) is 2.83. The minimum Gasteiger partial charge on any atom is -0.490 e. The average molecular weight is 554 g/mol. The van der Waals surface area contributed by atoms with Crippen LogP contribution in [-0.2, 0) is 11.3 Å². The van der Waals surface area contributed by atoms with Crippen LogP contribution in [0.4, 0.5) is 0 Å². The zero-order valence-corrected chi connectivity index (χ0v) is 21.4. The molecule has 0 saturated carbocycles. The first-order valence-electron chi connectivity index (χ1n) is 11.0. The lowest BCUT2D eigenvalue weighted by molar-refractivity contribution is 0.0625. The van der Waals surface area contributed by atoms with Gasteiger partial charge in [-0.1, -0.05) is 24.3 Å². The normalized spacial score (nSPS) is 14.4. The number of ether oxygens (including phenoxy) is 3. The molecule has 1 saturated heterocycles. The SMILES string of the molecule is CN=C(NCc1ccc(OCCOc2ccccc2)nc1)N(C)CCC1CCOCC1.I. The zero-order chi connectivity index (χ0) is 21.7. The van der Waals surface area contributed by atoms with Gasteiger partial charge < -0.3 is 24.4 Å². The number of rotatable bonds is 10. The van der Waals surface area contributed by atoms with Crippen LogP contribution in [0.15, 0.2) is 53.7 Å². The van der Waals surface area contributed by atoms with E-state index in [-0.39, 0.29) is 24.0 Å². The second-order valence-corrected chi connectivity index (χ2v) is 7.68. The molecular formula is C24H35IN4O3. The van der Waals surface area contributed by atoms with E-state index in [1.807, 2.05) is 55.7 Å². The second-order valence-electron chi connectivity index (χ2n) is 7.68. The summed E-state index contributed by atoms with van der Waals surface area (Å²) in [6, 6.07) is 13.6. The van der Waals surface area contributed by atoms with Crippen LogP contribution >= 0.6 is 24.0 Å². The number of hydrogen-bond donors (Lipinski definition) is 1. The number of pyridine rings is 1. The molecule has 32 heavy (non-hydrogen) atoms. The van der Waals surface area contributed by atoms with Gasteiger partial charge in [-0.2, -0.15) is 0 Å². The van der Waals surface area contributed by atoms with Crippen molar-refractivity contribution in [3.05, 3.63) is 54.2 Å². The van der Waals surface area contributed by atoms with Gasteiger partial charge in [-0.05, 0) is 42.9 Å². The van der Waals surface area contributed by atoms with E-state index in [2.05, 4.69) is 27.2 Å². The first kappa shape index (κ1) is 26.2. The highest BCUT2D eigenvalue weighted by Gasteiger charge is 2.15. The Morgan fingerprint density at radius 1 is 1.12 bits per heavy atom. The van der Waals surface area contributed by atoms with Crippen LogP contribution in [0.1, 0.15) is 24.8 Å². The van der Waals surface area contributed by atoms with Crippen molar-refractivity contribution in [2.24, 2.45) is 10.9 Å². The van der Waals surface area contributed by atoms with Crippen LogP contribution < -0.4 is 14.8 Å². The fourth-order valence-electron chi connectivity index (χ4n) is 3.51. The monoisotopic (exact) mass is 554 g/mol. The van der Waals surface area contributed by atoms with Crippen molar-refractivity contribution in [2.45, 2.75) is 25.8 Å². The molecule has 1 fully saturated rings. The molecule has 1 aromatic heterocycles. The molecular weight excluding hydrogens is 519 g/mol. The zero-order valence-electron chi connectivity index (χ0n) is 19.0. The summed E-state index contributed by atoms with van der Waals surface area (Å²) in [5.41, 5.74) is 1.08. The number of aromatic nitrogens is 1. The van der Waals surface area contributed by atoms with E-state index < -0.39 is 0 Å². The maximum absolute atomic E-state index is 5.66. The molecule has 3 rings (SSSR count). The molecule has 0 atom stereocenters. The molecule has 2 heterocycles. The number of aliphatic imine (C=N–C) groups is 1. The van der Waals surface area contributed by atoms with E-state index in [4.69, 9.17) is 14.2 Å². The van der Waals surface area contributed by atoms with E-state index in [1.165, 1.54) is 19.3 Å². The summed E-state index contributed by atoms with van der Waals surface area (Å²) in [5.74, 6) is 3.08. The Kier molecular flexibility index (Phi) is 12.2. The Morgan fingerprint density at radius 2 is 1.88 bits per heavy atom. The van der Waals surface area contributed by atoms with Gasteiger partial charge >= 0.3 is 0 Å². The number of halogens is 1. The fraction of sp³-hybridized carbons (Fsp3) is 0.500. The van der Waals surface area contributed by atoms with Gasteiger partial charge in [-0.15, -0.1) is 24.0 Å². The van der Waals surface area contributed by atoms with Crippen molar-refractivity contribution in [3.63, 3.8) is 0 Å². The number of nitrogens with one attached hydrogen (secondary N) is 1. The molecule has 0 aliphatic carbocycles. The van der Waals surface area contributed by atoms with Crippen LogP contribution in [0.25, 0.3) is 0 Å². The van der Waals surface area contributed by atoms with Gasteiger partial charge in [0.1, 0.15) is 19.0 Å². The van der Waals surface area contributed by atoms with Crippen molar-refractivity contribution >= 4 is 29.9 Å². The summed E-state index contributed by atoms with van der Waals surface area (Å²) in [4.78, 5) is 11.0. The van der Waals surface area contributed by atoms with Crippen LogP contribution in [0.3, 0.4) is 0 Å². The molecule has 7 nitrogen and oxygen atoms in total. The van der Waals surface area contributed by atoms with E-state index in [0.29, 0.717) is 25.6 Å². The molecule has 1 aromatic carbocycles. The van der Waals surface area contributed by atoms with E-state index in [1.54, 1.807) is 0 Å². The van der Waals surface area contributed by atoms with Crippen LogP contribution in [0.5, 0.6) is 11.6 Å². The van der Waals surface area contributed by atoms with E-state index in [9.17, 15) is 0 Å². The first-order valence-corrected chi connectivity index (χ1v) is 11.0. The van der Waals surface area contributed by atoms with Crippen LogP contribution in [0, 0.1) is 5.92 Å². The molecule has 0 spiro atoms. The fourth-order valence-corrected chi connectivity index (χ4v) is 3.51. The smallest absolute Gasteiger partial charge is 0.213 e. The van der Waals surface area contributed by atoms with Gasteiger partial charge in [0.2, 0.25) is 5.88 Å². The molecule has 0 unspecified atom stereocenters. The van der Waals surface area contributed by atoms with Gasteiger partial charge in [-0.3, -0.25) is 4.99 Å². The molecule has 0 bridgehead atoms. The Labute approximate surface area is 208 Å². The lowest BCUT2D eigenvalue weighted by Gasteiger charge is -2.26. The highest BCUT2D eigenvalue weighted by Crippen LogP contribution is 2.18. The predicted molar refractivity (Wildman–Crippen MR) is 138 cm³/mol. The maximum Gasteiger partial charge on any atom is 0.213 e. The molecule has 0 radical (unpaired) electrons. The summed E-state index contributed by atoms with van der Waals surface area (Å²) >= 11 is 0. The minimum atomic E-state index is 0. The molecule has 0 amide bonds. The van der Waals surface area contributed by atoms with Crippen molar-refractivity contribution in [1.82, 2.24) is 15.2 Å². The Balaban J connectivity index is 0.00000363. The van der Waals surface area contributed by atoms with Gasteiger partial charge in [0.25, 0.3) is 0 Å².